The summed E-state index contributed by atoms with van der Waals surface area (Å²) >= 11 is 0. The van der Waals surface area contributed by atoms with Crippen LogP contribution >= 0.6 is 0 Å². The number of rotatable bonds is 2. The van der Waals surface area contributed by atoms with Gasteiger partial charge in [0.15, 0.2) is 5.78 Å². The number of fused-ring (bicyclic) bond motifs is 1. The van der Waals surface area contributed by atoms with E-state index >= 15 is 0 Å². The van der Waals surface area contributed by atoms with Crippen LogP contribution in [0.5, 0.6) is 5.75 Å². The summed E-state index contributed by atoms with van der Waals surface area (Å²) in [7, 11) is 0. The SMILES string of the molecule is O=C(Oc1ccc2c(c1)CCCCC2=O)c1ccccc1. The number of Topliss-reactive ketones (excluding diaryl/α,β-unsaturated/α-hetero) is 1. The van der Waals surface area contributed by atoms with Crippen LogP contribution in [0.1, 0.15) is 45.5 Å². The average Bonchev–Trinajstić information content (AvgIpc) is 2.70. The molecule has 3 rings (SSSR count). The molecule has 21 heavy (non-hydrogen) atoms. The normalized spacial score (nSPS) is 14.2. The standard InChI is InChI=1S/C18H16O3/c19-17-9-5-4-8-14-12-15(10-11-16(14)17)21-18(20)13-6-2-1-3-7-13/h1-3,6-7,10-12H,4-5,8-9H2. The summed E-state index contributed by atoms with van der Waals surface area (Å²) in [5.41, 5.74) is 2.27. The minimum Gasteiger partial charge on any atom is -0.423 e. The van der Waals surface area contributed by atoms with E-state index in [1.165, 1.54) is 0 Å². The van der Waals surface area contributed by atoms with Crippen LogP contribution in [0.25, 0.3) is 0 Å². The van der Waals surface area contributed by atoms with Crippen molar-refractivity contribution in [2.24, 2.45) is 0 Å². The number of ketones is 1. The number of hydrogen-bond donors (Lipinski definition) is 0. The Morgan fingerprint density at radius 3 is 2.52 bits per heavy atom. The molecule has 0 fully saturated rings. The summed E-state index contributed by atoms with van der Waals surface area (Å²) in [5.74, 6) is 0.302. The zero-order valence-corrected chi connectivity index (χ0v) is 11.7. The summed E-state index contributed by atoms with van der Waals surface area (Å²) in [6.07, 6.45) is 3.38. The van der Waals surface area contributed by atoms with Gasteiger partial charge in [0.2, 0.25) is 0 Å². The Bertz CT molecular complexity index is 674. The Balaban J connectivity index is 1.83. The molecule has 2 aromatic rings. The van der Waals surface area contributed by atoms with Gasteiger partial charge in [0.1, 0.15) is 5.75 Å². The maximum Gasteiger partial charge on any atom is 0.343 e. The van der Waals surface area contributed by atoms with Crippen molar-refractivity contribution >= 4 is 11.8 Å². The molecule has 0 radical (unpaired) electrons. The molecule has 3 heteroatoms. The molecule has 0 saturated carbocycles. The quantitative estimate of drug-likeness (QED) is 0.477. The van der Waals surface area contributed by atoms with E-state index in [1.807, 2.05) is 12.1 Å². The Morgan fingerprint density at radius 2 is 1.71 bits per heavy atom. The first kappa shape index (κ1) is 13.6. The van der Waals surface area contributed by atoms with E-state index < -0.39 is 0 Å². The number of ether oxygens (including phenoxy) is 1. The lowest BCUT2D eigenvalue weighted by molar-refractivity contribution is 0.0734. The van der Waals surface area contributed by atoms with Gasteiger partial charge in [-0.3, -0.25) is 4.79 Å². The first-order chi connectivity index (χ1) is 10.2. The number of benzene rings is 2. The van der Waals surface area contributed by atoms with Gasteiger partial charge < -0.3 is 4.74 Å². The predicted molar refractivity (Wildman–Crippen MR) is 79.7 cm³/mol. The fourth-order valence-electron chi connectivity index (χ4n) is 2.59. The van der Waals surface area contributed by atoms with E-state index in [9.17, 15) is 9.59 Å². The smallest absolute Gasteiger partial charge is 0.343 e. The topological polar surface area (TPSA) is 43.4 Å². The summed E-state index contributed by atoms with van der Waals surface area (Å²) < 4.78 is 5.39. The third-order valence-corrected chi connectivity index (χ3v) is 3.70. The first-order valence-corrected chi connectivity index (χ1v) is 7.17. The van der Waals surface area contributed by atoms with Crippen molar-refractivity contribution in [1.82, 2.24) is 0 Å². The van der Waals surface area contributed by atoms with Gasteiger partial charge in [-0.2, -0.15) is 0 Å². The van der Waals surface area contributed by atoms with Crippen molar-refractivity contribution < 1.29 is 14.3 Å². The van der Waals surface area contributed by atoms with Crippen molar-refractivity contribution in [3.05, 3.63) is 65.2 Å². The molecule has 0 bridgehead atoms. The maximum absolute atomic E-state index is 12.0. The number of carbonyl (C=O) groups is 2. The van der Waals surface area contributed by atoms with Crippen LogP contribution in [0.4, 0.5) is 0 Å². The second-order valence-corrected chi connectivity index (χ2v) is 5.20. The molecule has 0 aliphatic heterocycles. The first-order valence-electron chi connectivity index (χ1n) is 7.17. The average molecular weight is 280 g/mol. The van der Waals surface area contributed by atoms with Crippen LogP contribution in [0.15, 0.2) is 48.5 Å². The van der Waals surface area contributed by atoms with E-state index in [4.69, 9.17) is 4.74 Å². The second kappa shape index (κ2) is 5.92. The van der Waals surface area contributed by atoms with E-state index in [-0.39, 0.29) is 11.8 Å². The maximum atomic E-state index is 12.0. The molecular weight excluding hydrogens is 264 g/mol. The van der Waals surface area contributed by atoms with Crippen molar-refractivity contribution in [2.45, 2.75) is 25.7 Å². The fourth-order valence-corrected chi connectivity index (χ4v) is 2.59. The molecule has 1 aliphatic rings. The zero-order chi connectivity index (χ0) is 14.7. The Kier molecular flexibility index (Phi) is 3.82. The predicted octanol–water partition coefficient (Wildman–Crippen LogP) is 3.81. The molecule has 0 N–H and O–H groups in total. The number of esters is 1. The van der Waals surface area contributed by atoms with E-state index in [0.717, 1.165) is 30.4 Å². The molecule has 1 aliphatic carbocycles. The highest BCUT2D eigenvalue weighted by Gasteiger charge is 2.17. The Hall–Kier alpha value is -2.42. The minimum atomic E-state index is -0.379. The number of carbonyl (C=O) groups excluding carboxylic acids is 2. The monoisotopic (exact) mass is 280 g/mol. The lowest BCUT2D eigenvalue weighted by atomic mass is 10.0. The van der Waals surface area contributed by atoms with Gasteiger partial charge in [-0.15, -0.1) is 0 Å². The van der Waals surface area contributed by atoms with Crippen LogP contribution < -0.4 is 4.74 Å². The molecule has 0 aromatic heterocycles. The van der Waals surface area contributed by atoms with Crippen LogP contribution in [0.2, 0.25) is 0 Å². The van der Waals surface area contributed by atoms with Crippen molar-refractivity contribution in [1.29, 1.82) is 0 Å². The van der Waals surface area contributed by atoms with Gasteiger partial charge in [-0.05, 0) is 55.2 Å². The summed E-state index contributed by atoms with van der Waals surface area (Å²) in [6.45, 7) is 0. The van der Waals surface area contributed by atoms with Gasteiger partial charge in [0, 0.05) is 12.0 Å². The molecule has 106 valence electrons. The number of hydrogen-bond acceptors (Lipinski definition) is 3. The van der Waals surface area contributed by atoms with Crippen molar-refractivity contribution in [3.63, 3.8) is 0 Å². The molecule has 0 atom stereocenters. The summed E-state index contributed by atoms with van der Waals surface area (Å²) in [6, 6.07) is 14.2. The van der Waals surface area contributed by atoms with Crippen LogP contribution in [0.3, 0.4) is 0 Å². The van der Waals surface area contributed by atoms with Gasteiger partial charge in [0.25, 0.3) is 0 Å². The highest BCUT2D eigenvalue weighted by Crippen LogP contribution is 2.25. The molecule has 0 saturated heterocycles. The second-order valence-electron chi connectivity index (χ2n) is 5.20. The fraction of sp³-hybridized carbons (Fsp3) is 0.222. The highest BCUT2D eigenvalue weighted by molar-refractivity contribution is 5.98. The lowest BCUT2D eigenvalue weighted by Gasteiger charge is -2.08. The van der Waals surface area contributed by atoms with Gasteiger partial charge >= 0.3 is 5.97 Å². The van der Waals surface area contributed by atoms with Crippen LogP contribution in [0, 0.1) is 0 Å². The summed E-state index contributed by atoms with van der Waals surface area (Å²) in [5, 5.41) is 0. The van der Waals surface area contributed by atoms with E-state index in [1.54, 1.807) is 36.4 Å². The molecule has 3 nitrogen and oxygen atoms in total. The van der Waals surface area contributed by atoms with E-state index in [2.05, 4.69) is 0 Å². The zero-order valence-electron chi connectivity index (χ0n) is 11.7. The molecular formula is C18H16O3. The third kappa shape index (κ3) is 3.02. The van der Waals surface area contributed by atoms with Gasteiger partial charge in [-0.25, -0.2) is 4.79 Å². The van der Waals surface area contributed by atoms with Gasteiger partial charge in [0.05, 0.1) is 5.56 Å². The molecule has 0 heterocycles. The van der Waals surface area contributed by atoms with E-state index in [0.29, 0.717) is 17.7 Å². The minimum absolute atomic E-state index is 0.184. The Morgan fingerprint density at radius 1 is 0.952 bits per heavy atom. The van der Waals surface area contributed by atoms with Gasteiger partial charge in [-0.1, -0.05) is 18.2 Å². The van der Waals surface area contributed by atoms with Crippen LogP contribution in [-0.4, -0.2) is 11.8 Å². The molecule has 0 amide bonds. The highest BCUT2D eigenvalue weighted by atomic mass is 16.5. The third-order valence-electron chi connectivity index (χ3n) is 3.70. The van der Waals surface area contributed by atoms with Crippen molar-refractivity contribution in [2.75, 3.05) is 0 Å². The largest absolute Gasteiger partial charge is 0.423 e. The number of aryl methyl sites for hydroxylation is 1. The van der Waals surface area contributed by atoms with Crippen LogP contribution in [-0.2, 0) is 6.42 Å². The molecule has 0 spiro atoms. The Labute approximate surface area is 123 Å². The summed E-state index contributed by atoms with van der Waals surface area (Å²) in [4.78, 5) is 24.0. The molecule has 0 unspecified atom stereocenters. The lowest BCUT2D eigenvalue weighted by Crippen LogP contribution is -2.09. The van der Waals surface area contributed by atoms with Crippen molar-refractivity contribution in [3.8, 4) is 5.75 Å². The molecule has 2 aromatic carbocycles.